The first-order valence-corrected chi connectivity index (χ1v) is 17.2. The fourth-order valence-electron chi connectivity index (χ4n) is 4.49. The van der Waals surface area contributed by atoms with Crippen molar-refractivity contribution in [3.63, 3.8) is 0 Å². The Morgan fingerprint density at radius 1 is 1.08 bits per heavy atom. The van der Waals surface area contributed by atoms with Crippen LogP contribution < -0.4 is 21.6 Å². The van der Waals surface area contributed by atoms with Crippen LogP contribution in [0.2, 0.25) is 0 Å². The molecule has 2 aromatic rings. The van der Waals surface area contributed by atoms with Crippen LogP contribution in [-0.4, -0.2) is 95.2 Å². The highest BCUT2D eigenvalue weighted by molar-refractivity contribution is 7.48. The van der Waals surface area contributed by atoms with Crippen molar-refractivity contribution in [3.8, 4) is 0 Å². The zero-order chi connectivity index (χ0) is 38.3. The van der Waals surface area contributed by atoms with E-state index in [0.717, 1.165) is 17.1 Å². The zero-order valence-electron chi connectivity index (χ0n) is 28.3. The molecule has 1 fully saturated rings. The number of carboxylic acids is 1. The Kier molecular flexibility index (Phi) is 15.9. The number of ether oxygens (including phenoxy) is 3. The summed E-state index contributed by atoms with van der Waals surface area (Å²) in [6.07, 6.45) is -0.498. The van der Waals surface area contributed by atoms with E-state index < -0.39 is 87.1 Å². The van der Waals surface area contributed by atoms with Gasteiger partial charge in [0.25, 0.3) is 0 Å². The summed E-state index contributed by atoms with van der Waals surface area (Å²) >= 11 is 0. The highest BCUT2D eigenvalue weighted by atomic mass is 31.2. The molecule has 1 aliphatic rings. The van der Waals surface area contributed by atoms with Crippen molar-refractivity contribution in [2.45, 2.75) is 57.2 Å². The molecule has 2 heterocycles. The Morgan fingerprint density at radius 2 is 1.79 bits per heavy atom. The summed E-state index contributed by atoms with van der Waals surface area (Å²) in [5, 5.41) is 16.1. The minimum absolute atomic E-state index is 0.00177. The third-order valence-corrected chi connectivity index (χ3v) is 8.33. The van der Waals surface area contributed by atoms with Gasteiger partial charge in [0.05, 0.1) is 26.2 Å². The monoisotopic (exact) mass is 749 g/mol. The second-order valence-corrected chi connectivity index (χ2v) is 12.7. The second kappa shape index (κ2) is 20.0. The highest BCUT2D eigenvalue weighted by Gasteiger charge is 2.42. The van der Waals surface area contributed by atoms with Crippen molar-refractivity contribution < 1.29 is 61.4 Å². The smallest absolute Gasteiger partial charge is 0.475 e. The molecule has 1 unspecified atom stereocenters. The van der Waals surface area contributed by atoms with Gasteiger partial charge in [0, 0.05) is 19.5 Å². The number of hydrogen-bond donors (Lipinski definition) is 4. The van der Waals surface area contributed by atoms with E-state index in [1.54, 1.807) is 24.3 Å². The van der Waals surface area contributed by atoms with Gasteiger partial charge in [-0.25, -0.2) is 14.2 Å². The summed E-state index contributed by atoms with van der Waals surface area (Å²) in [6.45, 7) is 7.17. The molecule has 1 aromatic heterocycles. The molecule has 0 radical (unpaired) electrons. The molecule has 20 heteroatoms. The molecule has 19 nitrogen and oxygen atoms in total. The van der Waals surface area contributed by atoms with Gasteiger partial charge < -0.3 is 35.3 Å². The number of rotatable bonds is 20. The van der Waals surface area contributed by atoms with Crippen molar-refractivity contribution in [2.75, 3.05) is 31.7 Å². The third-order valence-electron chi connectivity index (χ3n) is 6.93. The summed E-state index contributed by atoms with van der Waals surface area (Å²) < 4.78 is 47.0. The van der Waals surface area contributed by atoms with Crippen molar-refractivity contribution in [1.82, 2.24) is 20.2 Å². The average molecular weight is 750 g/mol. The van der Waals surface area contributed by atoms with Gasteiger partial charge in [0.2, 0.25) is 11.8 Å². The van der Waals surface area contributed by atoms with Crippen molar-refractivity contribution in [3.05, 3.63) is 84.0 Å². The van der Waals surface area contributed by atoms with Crippen molar-refractivity contribution in [1.29, 1.82) is 0 Å². The number of nitrogens with zero attached hydrogens (tertiary/aromatic N) is 2. The van der Waals surface area contributed by atoms with Crippen LogP contribution in [0.25, 0.3) is 0 Å². The minimum atomic E-state index is -4.62. The molecule has 3 amide bonds. The molecular formula is C32H40N5O14P. The molecule has 0 bridgehead atoms. The maximum Gasteiger partial charge on any atom is 0.475 e. The number of carbonyl (C=O) groups excluding carboxylic acids is 4. The number of aromatic nitrogens is 2. The van der Waals surface area contributed by atoms with Gasteiger partial charge in [-0.05, 0) is 18.6 Å². The first-order valence-electron chi connectivity index (χ1n) is 15.7. The lowest BCUT2D eigenvalue weighted by Crippen LogP contribution is -2.52. The van der Waals surface area contributed by atoms with Crippen LogP contribution in [-0.2, 0) is 57.9 Å². The van der Waals surface area contributed by atoms with Crippen molar-refractivity contribution in [2.24, 2.45) is 0 Å². The molecule has 1 aliphatic heterocycles. The fraction of sp³-hybridized carbons (Fsp3) is 0.406. The van der Waals surface area contributed by atoms with E-state index in [1.165, 1.54) is 31.3 Å². The van der Waals surface area contributed by atoms with E-state index in [2.05, 4.69) is 34.1 Å². The predicted molar refractivity (Wildman–Crippen MR) is 181 cm³/mol. The molecule has 1 aromatic carbocycles. The van der Waals surface area contributed by atoms with E-state index >= 15 is 0 Å². The summed E-state index contributed by atoms with van der Waals surface area (Å²) in [5.74, 6) is -3.49. The van der Waals surface area contributed by atoms with Gasteiger partial charge >= 0.3 is 31.5 Å². The number of carboxylic acid groups (broad SMARTS) is 1. The molecule has 0 spiro atoms. The van der Waals surface area contributed by atoms with E-state index in [-0.39, 0.29) is 31.9 Å². The molecular weight excluding hydrogens is 709 g/mol. The number of phosphoric acid groups is 1. The maximum atomic E-state index is 13.7. The van der Waals surface area contributed by atoms with Crippen LogP contribution >= 0.6 is 7.82 Å². The lowest BCUT2D eigenvalue weighted by molar-refractivity contribution is -0.150. The topological polar surface area (TPSA) is 249 Å². The second-order valence-electron chi connectivity index (χ2n) is 11.0. The van der Waals surface area contributed by atoms with Crippen LogP contribution in [0.15, 0.2) is 72.7 Å². The number of amides is 3. The molecule has 0 aliphatic carbocycles. The van der Waals surface area contributed by atoms with Gasteiger partial charge in [-0.2, -0.15) is 4.98 Å². The first kappa shape index (κ1) is 41.2. The van der Waals surface area contributed by atoms with E-state index in [4.69, 9.17) is 32.9 Å². The van der Waals surface area contributed by atoms with Crippen LogP contribution in [0.5, 0.6) is 0 Å². The van der Waals surface area contributed by atoms with Crippen LogP contribution in [0.4, 0.5) is 10.6 Å². The first-order chi connectivity index (χ1) is 24.7. The number of nitrogens with one attached hydrogen (secondary N) is 3. The molecule has 0 saturated carbocycles. The number of benzene rings is 1. The van der Waals surface area contributed by atoms with Gasteiger partial charge in [-0.1, -0.05) is 49.1 Å². The number of carbonyl (C=O) groups is 5. The third kappa shape index (κ3) is 13.2. The van der Waals surface area contributed by atoms with E-state index in [0.29, 0.717) is 0 Å². The SMILES string of the molecule is C=CCOC(=O)N[C@@H](COP(=O)(OCC=C)OC[C@H]1O[C@@H](n2ccc(NC(=O)Cc3ccccc3)nc2=O)C[C@@H]1OC(C)=O)C(=O)N[C@@H](C)C(=O)O. The summed E-state index contributed by atoms with van der Waals surface area (Å²) in [5.41, 5.74) is -0.0340. The standard InChI is InChI=1S/C32H40N5O14P/c1-5-14-46-32(44)34-23(29(40)33-20(3)30(41)42)18-48-52(45,47-15-6-2)49-19-25-24(50-21(4)38)17-28(51-25)37-13-12-26(36-31(37)43)35-27(39)16-22-10-8-7-9-11-22/h5-13,20,23-25,28H,1-2,14-19H2,3-4H3,(H,33,40)(H,34,44)(H,41,42)(H,35,36,39,43)/t20-,23-,24-,25+,28+,52?/m0/s1. The van der Waals surface area contributed by atoms with E-state index in [9.17, 15) is 33.3 Å². The van der Waals surface area contributed by atoms with E-state index in [1.807, 2.05) is 6.07 Å². The summed E-state index contributed by atoms with van der Waals surface area (Å²) in [7, 11) is -4.62. The molecule has 4 N–H and O–H groups in total. The Morgan fingerprint density at radius 3 is 2.42 bits per heavy atom. The normalized spacial score (nSPS) is 18.8. The maximum absolute atomic E-state index is 13.7. The number of hydrogen-bond acceptors (Lipinski definition) is 14. The number of phosphoric ester groups is 1. The Labute approximate surface area is 297 Å². The summed E-state index contributed by atoms with van der Waals surface area (Å²) in [6, 6.07) is 7.32. The Balaban J connectivity index is 1.72. The molecule has 1 saturated heterocycles. The lowest BCUT2D eigenvalue weighted by atomic mass is 10.1. The summed E-state index contributed by atoms with van der Waals surface area (Å²) in [4.78, 5) is 77.5. The van der Waals surface area contributed by atoms with Gasteiger partial charge in [0.1, 0.15) is 42.9 Å². The minimum Gasteiger partial charge on any atom is -0.480 e. The Hall–Kier alpha value is -5.20. The lowest BCUT2D eigenvalue weighted by Gasteiger charge is -2.24. The largest absolute Gasteiger partial charge is 0.480 e. The van der Waals surface area contributed by atoms with Crippen LogP contribution in [0, 0.1) is 0 Å². The van der Waals surface area contributed by atoms with Crippen LogP contribution in [0.3, 0.4) is 0 Å². The number of alkyl carbamates (subject to hydrolysis) is 1. The number of anilines is 1. The molecule has 52 heavy (non-hydrogen) atoms. The Bertz CT molecular complexity index is 1700. The zero-order valence-corrected chi connectivity index (χ0v) is 29.2. The quantitative estimate of drug-likeness (QED) is 0.0857. The predicted octanol–water partition coefficient (Wildman–Crippen LogP) is 1.86. The van der Waals surface area contributed by atoms with Gasteiger partial charge in [-0.3, -0.25) is 37.3 Å². The molecule has 6 atom stereocenters. The number of esters is 1. The highest BCUT2D eigenvalue weighted by Crippen LogP contribution is 2.50. The molecule has 282 valence electrons. The molecule has 3 rings (SSSR count). The van der Waals surface area contributed by atoms with Gasteiger partial charge in [-0.15, -0.1) is 6.58 Å². The van der Waals surface area contributed by atoms with Crippen LogP contribution in [0.1, 0.15) is 32.1 Å². The average Bonchev–Trinajstić information content (AvgIpc) is 3.49. The number of aliphatic carboxylic acids is 1. The fourth-order valence-corrected chi connectivity index (χ4v) is 5.66. The van der Waals surface area contributed by atoms with Gasteiger partial charge in [0.15, 0.2) is 0 Å². The van der Waals surface area contributed by atoms with Crippen molar-refractivity contribution >= 4 is 43.5 Å².